The topological polar surface area (TPSA) is 23.5 Å². The molecule has 0 aromatic rings. The number of hydrogen-bond donors (Lipinski definition) is 1. The van der Waals surface area contributed by atoms with E-state index in [0.29, 0.717) is 6.61 Å². The third-order valence-corrected chi connectivity index (χ3v) is 3.75. The summed E-state index contributed by atoms with van der Waals surface area (Å²) >= 11 is 0. The van der Waals surface area contributed by atoms with Crippen molar-refractivity contribution in [1.82, 2.24) is 4.90 Å². The number of aliphatic hydroxyl groups excluding tert-OH is 1. The van der Waals surface area contributed by atoms with Crippen molar-refractivity contribution < 1.29 is 5.11 Å². The largest absolute Gasteiger partial charge is 0.395 e. The summed E-state index contributed by atoms with van der Waals surface area (Å²) in [5, 5.41) is 8.97. The molecule has 0 bridgehead atoms. The first-order valence-corrected chi connectivity index (χ1v) is 5.76. The number of aliphatic hydroxyl groups is 1. The van der Waals surface area contributed by atoms with Gasteiger partial charge in [0.25, 0.3) is 0 Å². The summed E-state index contributed by atoms with van der Waals surface area (Å²) in [4.78, 5) is 2.52. The molecule has 0 radical (unpaired) electrons. The highest BCUT2D eigenvalue weighted by Crippen LogP contribution is 2.34. The number of likely N-dealkylation sites (tertiary alicyclic amines) is 1. The molecule has 1 heterocycles. The van der Waals surface area contributed by atoms with Gasteiger partial charge in [-0.2, -0.15) is 0 Å². The molecule has 0 unspecified atom stereocenters. The van der Waals surface area contributed by atoms with Crippen LogP contribution in [-0.2, 0) is 0 Å². The quantitative estimate of drug-likeness (QED) is 0.703. The lowest BCUT2D eigenvalue weighted by Crippen LogP contribution is -2.47. The smallest absolute Gasteiger partial charge is 0.0558 e. The van der Waals surface area contributed by atoms with Gasteiger partial charge in [0.15, 0.2) is 0 Å². The second-order valence-corrected chi connectivity index (χ2v) is 4.51. The van der Waals surface area contributed by atoms with Crippen molar-refractivity contribution >= 4 is 0 Å². The van der Waals surface area contributed by atoms with Crippen LogP contribution in [0.15, 0.2) is 0 Å². The zero-order chi connectivity index (χ0) is 9.10. The summed E-state index contributed by atoms with van der Waals surface area (Å²) in [5.74, 6) is 0.953. The van der Waals surface area contributed by atoms with Gasteiger partial charge in [0.05, 0.1) is 6.61 Å². The number of rotatable bonds is 2. The molecule has 2 rings (SSSR count). The summed E-state index contributed by atoms with van der Waals surface area (Å²) < 4.78 is 0. The van der Waals surface area contributed by atoms with Crippen molar-refractivity contribution in [2.24, 2.45) is 5.92 Å². The van der Waals surface area contributed by atoms with Crippen LogP contribution in [0.1, 0.15) is 38.5 Å². The molecule has 0 spiro atoms. The minimum atomic E-state index is 0.337. The lowest BCUT2D eigenvalue weighted by Gasteiger charge is -2.43. The Balaban J connectivity index is 1.94. The van der Waals surface area contributed by atoms with Gasteiger partial charge in [-0.1, -0.05) is 12.8 Å². The normalized spacial score (nSPS) is 35.8. The molecule has 2 atom stereocenters. The average molecular weight is 183 g/mol. The van der Waals surface area contributed by atoms with E-state index in [1.165, 1.54) is 45.1 Å². The van der Waals surface area contributed by atoms with E-state index in [4.69, 9.17) is 5.11 Å². The van der Waals surface area contributed by atoms with Crippen molar-refractivity contribution in [3.8, 4) is 0 Å². The molecule has 1 N–H and O–H groups in total. The monoisotopic (exact) mass is 183 g/mol. The van der Waals surface area contributed by atoms with Crippen molar-refractivity contribution in [3.05, 3.63) is 0 Å². The van der Waals surface area contributed by atoms with Gasteiger partial charge < -0.3 is 5.11 Å². The molecule has 2 heteroatoms. The Bertz CT molecular complexity index is 156. The van der Waals surface area contributed by atoms with Gasteiger partial charge >= 0.3 is 0 Å². The van der Waals surface area contributed by atoms with E-state index in [0.717, 1.165) is 18.5 Å². The van der Waals surface area contributed by atoms with E-state index in [2.05, 4.69) is 4.90 Å². The molecular weight excluding hydrogens is 162 g/mol. The summed E-state index contributed by atoms with van der Waals surface area (Å²) in [6.07, 6.45) is 8.45. The fourth-order valence-electron chi connectivity index (χ4n) is 3.13. The van der Waals surface area contributed by atoms with Crippen LogP contribution in [0.3, 0.4) is 0 Å². The molecule has 1 aliphatic carbocycles. The van der Waals surface area contributed by atoms with E-state index in [9.17, 15) is 0 Å². The van der Waals surface area contributed by atoms with Gasteiger partial charge in [-0.05, 0) is 38.1 Å². The number of nitrogens with zero attached hydrogens (tertiary/aromatic N) is 1. The fraction of sp³-hybridized carbons (Fsp3) is 1.00. The van der Waals surface area contributed by atoms with Crippen LogP contribution in [0, 0.1) is 5.92 Å². The second kappa shape index (κ2) is 4.43. The molecule has 2 aliphatic rings. The molecule has 0 aromatic carbocycles. The van der Waals surface area contributed by atoms with Crippen molar-refractivity contribution in [2.45, 2.75) is 44.6 Å². The van der Waals surface area contributed by atoms with Crippen molar-refractivity contribution in [2.75, 3.05) is 19.7 Å². The van der Waals surface area contributed by atoms with E-state index < -0.39 is 0 Å². The Labute approximate surface area is 80.9 Å². The van der Waals surface area contributed by atoms with Crippen LogP contribution in [0.2, 0.25) is 0 Å². The molecule has 2 nitrogen and oxygen atoms in total. The zero-order valence-corrected chi connectivity index (χ0v) is 8.41. The minimum Gasteiger partial charge on any atom is -0.395 e. The number of piperidine rings is 1. The van der Waals surface area contributed by atoms with E-state index >= 15 is 0 Å². The lowest BCUT2D eigenvalue weighted by molar-refractivity contribution is 0.0472. The summed E-state index contributed by atoms with van der Waals surface area (Å²) in [5.41, 5.74) is 0. The number of hydrogen-bond acceptors (Lipinski definition) is 2. The van der Waals surface area contributed by atoms with E-state index in [1.54, 1.807) is 0 Å². The lowest BCUT2D eigenvalue weighted by atomic mass is 9.78. The first-order chi connectivity index (χ1) is 6.42. The maximum absolute atomic E-state index is 8.97. The maximum atomic E-state index is 8.97. The van der Waals surface area contributed by atoms with Crippen LogP contribution in [-0.4, -0.2) is 35.7 Å². The molecule has 0 amide bonds. The highest BCUT2D eigenvalue weighted by atomic mass is 16.3. The van der Waals surface area contributed by atoms with Gasteiger partial charge in [-0.25, -0.2) is 0 Å². The maximum Gasteiger partial charge on any atom is 0.0558 e. The third-order valence-electron chi connectivity index (χ3n) is 3.75. The molecule has 1 saturated carbocycles. The first-order valence-electron chi connectivity index (χ1n) is 5.76. The minimum absolute atomic E-state index is 0.337. The van der Waals surface area contributed by atoms with Crippen LogP contribution >= 0.6 is 0 Å². The third kappa shape index (κ3) is 2.05. The molecular formula is C11H21NO. The second-order valence-electron chi connectivity index (χ2n) is 4.51. The summed E-state index contributed by atoms with van der Waals surface area (Å²) in [7, 11) is 0. The van der Waals surface area contributed by atoms with E-state index in [1.807, 2.05) is 0 Å². The SMILES string of the molecule is OCCN1CCC[C@@H]2CCCC[C@H]21. The standard InChI is InChI=1S/C11H21NO/c13-9-8-12-7-3-5-10-4-1-2-6-11(10)12/h10-11,13H,1-9H2/t10-,11+/m0/s1. The Morgan fingerprint density at radius 2 is 1.85 bits per heavy atom. The highest BCUT2D eigenvalue weighted by Gasteiger charge is 2.32. The number of fused-ring (bicyclic) bond motifs is 1. The van der Waals surface area contributed by atoms with Crippen LogP contribution in [0.5, 0.6) is 0 Å². The first kappa shape index (κ1) is 9.47. The van der Waals surface area contributed by atoms with Crippen molar-refractivity contribution in [1.29, 1.82) is 0 Å². The van der Waals surface area contributed by atoms with Gasteiger partial charge in [-0.15, -0.1) is 0 Å². The van der Waals surface area contributed by atoms with Crippen LogP contribution < -0.4 is 0 Å². The molecule has 1 aliphatic heterocycles. The highest BCUT2D eigenvalue weighted by molar-refractivity contribution is 4.86. The molecule has 2 fully saturated rings. The Hall–Kier alpha value is -0.0800. The Morgan fingerprint density at radius 1 is 1.08 bits per heavy atom. The van der Waals surface area contributed by atoms with Crippen molar-refractivity contribution in [3.63, 3.8) is 0 Å². The van der Waals surface area contributed by atoms with Gasteiger partial charge in [0.1, 0.15) is 0 Å². The van der Waals surface area contributed by atoms with Gasteiger partial charge in [-0.3, -0.25) is 4.90 Å². The van der Waals surface area contributed by atoms with Crippen LogP contribution in [0.25, 0.3) is 0 Å². The Kier molecular flexibility index (Phi) is 3.23. The summed E-state index contributed by atoms with van der Waals surface area (Å²) in [6.45, 7) is 2.46. The molecule has 13 heavy (non-hydrogen) atoms. The zero-order valence-electron chi connectivity index (χ0n) is 8.41. The molecule has 0 aromatic heterocycles. The van der Waals surface area contributed by atoms with E-state index in [-0.39, 0.29) is 0 Å². The predicted octanol–water partition coefficient (Wildman–Crippen LogP) is 1.63. The number of β-amino-alcohol motifs (C(OH)–C–C–N with tert-alkyl or cyclic N) is 1. The molecule has 1 saturated heterocycles. The van der Waals surface area contributed by atoms with Gasteiger partial charge in [0, 0.05) is 12.6 Å². The summed E-state index contributed by atoms with van der Waals surface area (Å²) in [6, 6.07) is 0.814. The molecule has 76 valence electrons. The van der Waals surface area contributed by atoms with Gasteiger partial charge in [0.2, 0.25) is 0 Å². The van der Waals surface area contributed by atoms with Crippen LogP contribution in [0.4, 0.5) is 0 Å². The average Bonchev–Trinajstić information content (AvgIpc) is 2.19. The Morgan fingerprint density at radius 3 is 2.69 bits per heavy atom. The predicted molar refractivity (Wildman–Crippen MR) is 53.6 cm³/mol. The fourth-order valence-corrected chi connectivity index (χ4v) is 3.13.